The third-order valence-corrected chi connectivity index (χ3v) is 7.72. The molecule has 3 N–H and O–H groups in total. The lowest BCUT2D eigenvalue weighted by molar-refractivity contribution is 0.179. The number of carbonyl (C=O) groups excluding carboxylic acids is 1. The van der Waals surface area contributed by atoms with Crippen LogP contribution in [0.4, 0.5) is 10.5 Å². The van der Waals surface area contributed by atoms with Crippen LogP contribution < -0.4 is 15.2 Å². The number of fused-ring (bicyclic) bond motifs is 3. The fourth-order valence-corrected chi connectivity index (χ4v) is 6.00. The van der Waals surface area contributed by atoms with Crippen molar-refractivity contribution < 1.29 is 18.5 Å². The summed E-state index contributed by atoms with van der Waals surface area (Å²) in [6.45, 7) is 1.81. The van der Waals surface area contributed by atoms with Crippen molar-refractivity contribution in [2.45, 2.75) is 55.9 Å². The molecule has 5 rings (SSSR count). The number of anilines is 1. The Labute approximate surface area is 181 Å². The fraction of sp³-hybridized carbons (Fsp3) is 0.524. The fourth-order valence-electron chi connectivity index (χ4n) is 4.99. The summed E-state index contributed by atoms with van der Waals surface area (Å²) in [4.78, 5) is 13.0. The van der Waals surface area contributed by atoms with Gasteiger partial charge in [0.25, 0.3) is 0 Å². The van der Waals surface area contributed by atoms with Crippen molar-refractivity contribution in [2.75, 3.05) is 25.6 Å². The van der Waals surface area contributed by atoms with Crippen LogP contribution in [0.25, 0.3) is 0 Å². The maximum Gasteiger partial charge on any atom is 0.354 e. The number of aromatic nitrogens is 2. The van der Waals surface area contributed by atoms with Crippen LogP contribution in [-0.4, -0.2) is 40.3 Å². The van der Waals surface area contributed by atoms with E-state index >= 15 is 0 Å². The second-order valence-electron chi connectivity index (χ2n) is 8.33. The number of amides is 2. The Kier molecular flexibility index (Phi) is 5.23. The van der Waals surface area contributed by atoms with E-state index in [1.54, 1.807) is 11.8 Å². The molecule has 1 aromatic heterocycles. The molecule has 2 aromatic rings. The molecule has 1 aliphatic heterocycles. The molecular weight excluding hydrogens is 418 g/mol. The highest BCUT2D eigenvalue weighted by molar-refractivity contribution is 7.91. The van der Waals surface area contributed by atoms with Gasteiger partial charge in [0.05, 0.1) is 19.4 Å². The molecule has 0 bridgehead atoms. The number of urea groups is 1. The van der Waals surface area contributed by atoms with Gasteiger partial charge in [-0.1, -0.05) is 6.07 Å². The van der Waals surface area contributed by atoms with E-state index in [0.717, 1.165) is 55.3 Å². The van der Waals surface area contributed by atoms with Crippen molar-refractivity contribution in [1.82, 2.24) is 9.78 Å². The number of nitrogens with zero attached hydrogens (tertiary/aromatic N) is 3. The lowest BCUT2D eigenvalue weighted by Crippen LogP contribution is -2.21. The average molecular weight is 446 g/mol. The van der Waals surface area contributed by atoms with Crippen LogP contribution in [-0.2, 0) is 40.5 Å². The zero-order chi connectivity index (χ0) is 21.6. The molecule has 9 nitrogen and oxygen atoms in total. The van der Waals surface area contributed by atoms with Gasteiger partial charge in [0, 0.05) is 31.7 Å². The molecule has 166 valence electrons. The average Bonchev–Trinajstić information content (AvgIpc) is 3.46. The molecule has 10 heteroatoms. The molecule has 2 atom stereocenters. The van der Waals surface area contributed by atoms with Gasteiger partial charge in [-0.3, -0.25) is 0 Å². The Morgan fingerprint density at radius 1 is 1.39 bits per heavy atom. The van der Waals surface area contributed by atoms with E-state index in [1.807, 2.05) is 0 Å². The Morgan fingerprint density at radius 2 is 2.26 bits per heavy atom. The molecule has 2 heterocycles. The van der Waals surface area contributed by atoms with Crippen LogP contribution in [0.2, 0.25) is 0 Å². The third-order valence-electron chi connectivity index (χ3n) is 6.37. The molecule has 0 spiro atoms. The lowest BCUT2D eigenvalue weighted by atomic mass is 9.95. The minimum Gasteiger partial charge on any atom is -0.477 e. The molecule has 2 aliphatic carbocycles. The van der Waals surface area contributed by atoms with Crippen molar-refractivity contribution in [3.8, 4) is 5.88 Å². The molecule has 0 saturated heterocycles. The molecule has 0 radical (unpaired) electrons. The predicted octanol–water partition coefficient (Wildman–Crippen LogP) is 2.76. The van der Waals surface area contributed by atoms with Gasteiger partial charge < -0.3 is 14.8 Å². The van der Waals surface area contributed by atoms with Crippen molar-refractivity contribution in [1.29, 1.82) is 0 Å². The van der Waals surface area contributed by atoms with Crippen LogP contribution in [0.3, 0.4) is 0 Å². The minimum absolute atomic E-state index is 0.158. The Morgan fingerprint density at radius 3 is 3.10 bits per heavy atom. The van der Waals surface area contributed by atoms with E-state index in [-0.39, 0.29) is 4.90 Å². The first kappa shape index (κ1) is 20.5. The first-order chi connectivity index (χ1) is 15.0. The van der Waals surface area contributed by atoms with E-state index < -0.39 is 15.9 Å². The highest BCUT2D eigenvalue weighted by Crippen LogP contribution is 2.43. The normalized spacial score (nSPS) is 20.9. The summed E-state index contributed by atoms with van der Waals surface area (Å²) in [6.07, 6.45) is 7.01. The second kappa shape index (κ2) is 7.92. The number of aryl methyl sites for hydroxylation is 2. The standard InChI is InChI=1S/C21H27N5O4S/c1-29-12-14-6-7-16-17(14)10-13-4-2-5-15(13)19(16)24-21(27)25-31(22,28)18-11-23-26-8-3-9-30-20(18)26/h10-11,14H,2-9,12H2,1H3,(H3,22,24,25,27,28). The van der Waals surface area contributed by atoms with Crippen molar-refractivity contribution >= 4 is 21.6 Å². The minimum atomic E-state index is -3.49. The zero-order valence-corrected chi connectivity index (χ0v) is 18.4. The lowest BCUT2D eigenvalue weighted by Gasteiger charge is -2.17. The molecule has 2 amide bonds. The summed E-state index contributed by atoms with van der Waals surface area (Å²) >= 11 is 0. The number of hydrogen-bond donors (Lipinski definition) is 2. The Bertz CT molecular complexity index is 1170. The number of hydrogen-bond acceptors (Lipinski definition) is 5. The molecule has 0 fully saturated rings. The number of rotatable bonds is 4. The van der Waals surface area contributed by atoms with Gasteiger partial charge in [0.2, 0.25) is 5.88 Å². The molecule has 31 heavy (non-hydrogen) atoms. The number of ether oxygens (including phenoxy) is 2. The first-order valence-corrected chi connectivity index (χ1v) is 12.3. The van der Waals surface area contributed by atoms with Gasteiger partial charge in [-0.25, -0.2) is 18.8 Å². The molecule has 2 unspecified atom stereocenters. The molecular formula is C21H27N5O4S. The number of nitrogens with one attached hydrogen (secondary N) is 1. The Hall–Kier alpha value is -2.43. The van der Waals surface area contributed by atoms with E-state index in [0.29, 0.717) is 31.6 Å². The monoisotopic (exact) mass is 445 g/mol. The van der Waals surface area contributed by atoms with Crippen molar-refractivity contribution in [3.63, 3.8) is 0 Å². The summed E-state index contributed by atoms with van der Waals surface area (Å²) in [7, 11) is -1.78. The van der Waals surface area contributed by atoms with Gasteiger partial charge in [-0.2, -0.15) is 5.10 Å². The molecule has 3 aliphatic rings. The van der Waals surface area contributed by atoms with E-state index in [4.69, 9.17) is 14.6 Å². The maximum absolute atomic E-state index is 13.1. The first-order valence-electron chi connectivity index (χ1n) is 10.7. The van der Waals surface area contributed by atoms with Gasteiger partial charge >= 0.3 is 6.03 Å². The Balaban J connectivity index is 1.48. The van der Waals surface area contributed by atoms with Crippen molar-refractivity contribution in [2.24, 2.45) is 9.50 Å². The van der Waals surface area contributed by atoms with Crippen LogP contribution >= 0.6 is 0 Å². The smallest absolute Gasteiger partial charge is 0.354 e. The van der Waals surface area contributed by atoms with Crippen molar-refractivity contribution in [3.05, 3.63) is 34.5 Å². The third kappa shape index (κ3) is 3.62. The predicted molar refractivity (Wildman–Crippen MR) is 116 cm³/mol. The van der Waals surface area contributed by atoms with Gasteiger partial charge in [0.1, 0.15) is 4.90 Å². The van der Waals surface area contributed by atoms with Crippen LogP contribution in [0, 0.1) is 0 Å². The summed E-state index contributed by atoms with van der Waals surface area (Å²) in [6, 6.07) is 1.57. The molecule has 1 aromatic carbocycles. The van der Waals surface area contributed by atoms with E-state index in [1.165, 1.54) is 17.3 Å². The summed E-state index contributed by atoms with van der Waals surface area (Å²) in [5.74, 6) is 0.660. The quantitative estimate of drug-likeness (QED) is 0.750. The zero-order valence-electron chi connectivity index (χ0n) is 17.6. The van der Waals surface area contributed by atoms with Gasteiger partial charge in [-0.15, -0.1) is 4.36 Å². The summed E-state index contributed by atoms with van der Waals surface area (Å²) < 4.78 is 29.6. The van der Waals surface area contributed by atoms with Gasteiger partial charge in [0.15, 0.2) is 9.92 Å². The SMILES string of the molecule is COCC1CCc2c1cc1c(c2NC(=O)N=S(N)(=O)c2cnn3c2OCCC3)CCC1. The number of benzene rings is 1. The molecule has 0 saturated carbocycles. The number of carbonyl (C=O) groups is 1. The topological polar surface area (TPSA) is 121 Å². The number of methoxy groups -OCH3 is 1. The maximum atomic E-state index is 13.1. The summed E-state index contributed by atoms with van der Waals surface area (Å²) in [5.41, 5.74) is 5.63. The second-order valence-corrected chi connectivity index (χ2v) is 10.1. The van der Waals surface area contributed by atoms with Crippen LogP contribution in [0.5, 0.6) is 5.88 Å². The number of nitrogens with two attached hydrogens (primary N) is 1. The van der Waals surface area contributed by atoms with E-state index in [2.05, 4.69) is 20.8 Å². The summed E-state index contributed by atoms with van der Waals surface area (Å²) in [5, 5.41) is 13.1. The highest BCUT2D eigenvalue weighted by Gasteiger charge is 2.31. The van der Waals surface area contributed by atoms with E-state index in [9.17, 15) is 9.00 Å². The van der Waals surface area contributed by atoms with Crippen LogP contribution in [0.15, 0.2) is 21.5 Å². The van der Waals surface area contributed by atoms with Gasteiger partial charge in [-0.05, 0) is 54.4 Å². The van der Waals surface area contributed by atoms with Crippen LogP contribution in [0.1, 0.15) is 47.4 Å². The largest absolute Gasteiger partial charge is 0.477 e. The highest BCUT2D eigenvalue weighted by atomic mass is 32.2.